The highest BCUT2D eigenvalue weighted by molar-refractivity contribution is 5.91. The number of carbonyl (C=O) groups excluding carboxylic acids is 2. The summed E-state index contributed by atoms with van der Waals surface area (Å²) in [5.41, 5.74) is 3.88. The van der Waals surface area contributed by atoms with Crippen LogP contribution in [0.1, 0.15) is 51.3 Å². The normalized spacial score (nSPS) is 11.8. The van der Waals surface area contributed by atoms with Gasteiger partial charge in [0.1, 0.15) is 0 Å². The maximum Gasteiger partial charge on any atom is 0.225 e. The molecule has 0 saturated carbocycles. The summed E-state index contributed by atoms with van der Waals surface area (Å²) in [5.74, 6) is -0.0256. The third-order valence-electron chi connectivity index (χ3n) is 5.03. The van der Waals surface area contributed by atoms with Crippen molar-refractivity contribution in [1.29, 1.82) is 0 Å². The Morgan fingerprint density at radius 3 is 2.21 bits per heavy atom. The van der Waals surface area contributed by atoms with Gasteiger partial charge in [-0.15, -0.1) is 0 Å². The van der Waals surface area contributed by atoms with E-state index in [-0.39, 0.29) is 23.8 Å². The molecule has 0 spiro atoms. The Balaban J connectivity index is 2.43. The first-order valence-electron chi connectivity index (χ1n) is 10.2. The third-order valence-corrected chi connectivity index (χ3v) is 5.03. The Bertz CT molecular complexity index is 831. The molecule has 0 aliphatic heterocycles. The molecule has 0 radical (unpaired) electrons. The first-order chi connectivity index (χ1) is 13.7. The van der Waals surface area contributed by atoms with E-state index in [2.05, 4.69) is 24.4 Å². The SMILES string of the molecule is CCC(=O)Nc1ccc(N(C)C)c(CN(C(=O)C(C)C)C(C)c2ccccc2)c1. The number of carbonyl (C=O) groups is 2. The van der Waals surface area contributed by atoms with Crippen molar-refractivity contribution in [1.82, 2.24) is 4.90 Å². The van der Waals surface area contributed by atoms with E-state index in [0.717, 1.165) is 22.5 Å². The van der Waals surface area contributed by atoms with Crippen LogP contribution in [-0.2, 0) is 16.1 Å². The number of nitrogens with one attached hydrogen (secondary N) is 1. The van der Waals surface area contributed by atoms with Gasteiger partial charge in [0.15, 0.2) is 0 Å². The second kappa shape index (κ2) is 10.1. The molecule has 5 heteroatoms. The number of rotatable bonds is 8. The summed E-state index contributed by atoms with van der Waals surface area (Å²) < 4.78 is 0. The number of hydrogen-bond acceptors (Lipinski definition) is 3. The number of hydrogen-bond donors (Lipinski definition) is 1. The van der Waals surface area contributed by atoms with Crippen LogP contribution >= 0.6 is 0 Å². The van der Waals surface area contributed by atoms with Crippen molar-refractivity contribution in [3.8, 4) is 0 Å². The summed E-state index contributed by atoms with van der Waals surface area (Å²) in [6, 6.07) is 15.9. The molecule has 5 nitrogen and oxygen atoms in total. The molecule has 2 rings (SSSR count). The van der Waals surface area contributed by atoms with Gasteiger partial charge in [-0.05, 0) is 36.2 Å². The number of benzene rings is 2. The molecule has 156 valence electrons. The first-order valence-corrected chi connectivity index (χ1v) is 10.2. The van der Waals surface area contributed by atoms with Crippen molar-refractivity contribution in [2.45, 2.75) is 46.7 Å². The zero-order chi connectivity index (χ0) is 21.6. The lowest BCUT2D eigenvalue weighted by Gasteiger charge is -2.33. The second-order valence-corrected chi connectivity index (χ2v) is 7.85. The molecule has 2 aromatic rings. The van der Waals surface area contributed by atoms with Gasteiger partial charge in [0.2, 0.25) is 11.8 Å². The van der Waals surface area contributed by atoms with E-state index in [1.54, 1.807) is 0 Å². The fourth-order valence-corrected chi connectivity index (χ4v) is 3.31. The lowest BCUT2D eigenvalue weighted by Crippen LogP contribution is -2.36. The molecule has 29 heavy (non-hydrogen) atoms. The smallest absolute Gasteiger partial charge is 0.225 e. The van der Waals surface area contributed by atoms with Crippen molar-refractivity contribution in [3.63, 3.8) is 0 Å². The molecule has 0 bridgehead atoms. The quantitative estimate of drug-likeness (QED) is 0.695. The van der Waals surface area contributed by atoms with Gasteiger partial charge in [0.25, 0.3) is 0 Å². The summed E-state index contributed by atoms with van der Waals surface area (Å²) in [6.07, 6.45) is 0.424. The second-order valence-electron chi connectivity index (χ2n) is 7.85. The first kappa shape index (κ1) is 22.5. The van der Waals surface area contributed by atoms with Crippen molar-refractivity contribution in [2.75, 3.05) is 24.3 Å². The predicted octanol–water partition coefficient (Wildman–Crippen LogP) is 4.85. The largest absolute Gasteiger partial charge is 0.377 e. The minimum absolute atomic E-state index is 0.0266. The highest BCUT2D eigenvalue weighted by atomic mass is 16.2. The maximum absolute atomic E-state index is 13.1. The van der Waals surface area contributed by atoms with E-state index in [4.69, 9.17) is 0 Å². The number of nitrogens with zero attached hydrogens (tertiary/aromatic N) is 2. The zero-order valence-electron chi connectivity index (χ0n) is 18.4. The van der Waals surface area contributed by atoms with Crippen molar-refractivity contribution in [3.05, 3.63) is 59.7 Å². The van der Waals surface area contributed by atoms with Crippen LogP contribution in [0.4, 0.5) is 11.4 Å². The van der Waals surface area contributed by atoms with Gasteiger partial charge in [-0.25, -0.2) is 0 Å². The summed E-state index contributed by atoms with van der Waals surface area (Å²) in [6.45, 7) is 8.22. The molecule has 0 fully saturated rings. The number of amides is 2. The lowest BCUT2D eigenvalue weighted by atomic mass is 10.0. The third kappa shape index (κ3) is 5.83. The van der Waals surface area contributed by atoms with Crippen LogP contribution in [-0.4, -0.2) is 30.8 Å². The van der Waals surface area contributed by atoms with E-state index < -0.39 is 0 Å². The molecular formula is C24H33N3O2. The van der Waals surface area contributed by atoms with Gasteiger partial charge in [-0.2, -0.15) is 0 Å². The van der Waals surface area contributed by atoms with Crippen LogP contribution in [0.2, 0.25) is 0 Å². The Morgan fingerprint density at radius 1 is 1.00 bits per heavy atom. The van der Waals surface area contributed by atoms with Crippen molar-refractivity contribution in [2.24, 2.45) is 5.92 Å². The van der Waals surface area contributed by atoms with Crippen LogP contribution < -0.4 is 10.2 Å². The van der Waals surface area contributed by atoms with Crippen LogP contribution in [0.3, 0.4) is 0 Å². The zero-order valence-corrected chi connectivity index (χ0v) is 18.4. The van der Waals surface area contributed by atoms with E-state index in [1.807, 2.05) is 81.1 Å². The molecule has 0 aromatic heterocycles. The average molecular weight is 396 g/mol. The Labute approximate surface area is 174 Å². The molecule has 1 unspecified atom stereocenters. The fraction of sp³-hybridized carbons (Fsp3) is 0.417. The average Bonchev–Trinajstić information content (AvgIpc) is 2.71. The molecule has 0 aliphatic carbocycles. The Kier molecular flexibility index (Phi) is 7.82. The van der Waals surface area contributed by atoms with Crippen LogP contribution in [0.15, 0.2) is 48.5 Å². The minimum Gasteiger partial charge on any atom is -0.377 e. The van der Waals surface area contributed by atoms with Crippen LogP contribution in [0, 0.1) is 5.92 Å². The van der Waals surface area contributed by atoms with Gasteiger partial charge in [0.05, 0.1) is 6.04 Å². The summed E-state index contributed by atoms with van der Waals surface area (Å²) in [4.78, 5) is 28.9. The molecule has 0 heterocycles. The van der Waals surface area contributed by atoms with E-state index in [9.17, 15) is 9.59 Å². The molecule has 2 amide bonds. The maximum atomic E-state index is 13.1. The topological polar surface area (TPSA) is 52.7 Å². The fourth-order valence-electron chi connectivity index (χ4n) is 3.31. The van der Waals surface area contributed by atoms with Gasteiger partial charge in [-0.1, -0.05) is 51.1 Å². The lowest BCUT2D eigenvalue weighted by molar-refractivity contribution is -0.137. The van der Waals surface area contributed by atoms with E-state index in [0.29, 0.717) is 13.0 Å². The van der Waals surface area contributed by atoms with Crippen LogP contribution in [0.5, 0.6) is 0 Å². The molecule has 2 aromatic carbocycles. The van der Waals surface area contributed by atoms with Crippen LogP contribution in [0.25, 0.3) is 0 Å². The van der Waals surface area contributed by atoms with Crippen molar-refractivity contribution < 1.29 is 9.59 Å². The Morgan fingerprint density at radius 2 is 1.66 bits per heavy atom. The minimum atomic E-state index is -0.105. The van der Waals surface area contributed by atoms with Gasteiger partial charge in [0, 0.05) is 44.4 Å². The summed E-state index contributed by atoms with van der Waals surface area (Å²) >= 11 is 0. The van der Waals surface area contributed by atoms with Gasteiger partial charge >= 0.3 is 0 Å². The molecule has 1 N–H and O–H groups in total. The summed E-state index contributed by atoms with van der Waals surface area (Å²) in [7, 11) is 3.97. The van der Waals surface area contributed by atoms with Crippen molar-refractivity contribution >= 4 is 23.2 Å². The highest BCUT2D eigenvalue weighted by Crippen LogP contribution is 2.29. The predicted molar refractivity (Wildman–Crippen MR) is 120 cm³/mol. The highest BCUT2D eigenvalue weighted by Gasteiger charge is 2.25. The molecule has 0 aliphatic rings. The molecule has 1 atom stereocenters. The Hall–Kier alpha value is -2.82. The standard InChI is InChI=1S/C24H33N3O2/c1-7-23(28)25-21-13-14-22(26(5)6)20(15-21)16-27(24(29)17(2)3)18(4)19-11-9-8-10-12-19/h8-15,17-18H,7,16H2,1-6H3,(H,25,28). The van der Waals surface area contributed by atoms with Gasteiger partial charge < -0.3 is 15.1 Å². The monoisotopic (exact) mass is 395 g/mol. The molecule has 0 saturated heterocycles. The van der Waals surface area contributed by atoms with Gasteiger partial charge in [-0.3, -0.25) is 9.59 Å². The molecular weight excluding hydrogens is 362 g/mol. The van der Waals surface area contributed by atoms with E-state index in [1.165, 1.54) is 0 Å². The van der Waals surface area contributed by atoms with E-state index >= 15 is 0 Å². The summed E-state index contributed by atoms with van der Waals surface area (Å²) in [5, 5.41) is 2.92. The number of anilines is 2.